The van der Waals surface area contributed by atoms with Gasteiger partial charge >= 0.3 is 0 Å². The van der Waals surface area contributed by atoms with Crippen molar-refractivity contribution >= 4 is 0 Å². The van der Waals surface area contributed by atoms with Crippen LogP contribution in [0.1, 0.15) is 48.6 Å². The predicted molar refractivity (Wildman–Crippen MR) is 70.8 cm³/mol. The first-order valence-corrected chi connectivity index (χ1v) is 6.46. The Kier molecular flexibility index (Phi) is 3.16. The summed E-state index contributed by atoms with van der Waals surface area (Å²) in [6.45, 7) is 12.3. The van der Waals surface area contributed by atoms with Crippen LogP contribution < -0.4 is 4.89 Å². The maximum absolute atomic E-state index is 10.1. The molecule has 100 valence electrons. The maximum Gasteiger partial charge on any atom is 0.209 e. The van der Waals surface area contributed by atoms with Crippen LogP contribution in [0.4, 0.5) is 0 Å². The third kappa shape index (κ3) is 1.65. The molecule has 3 nitrogen and oxygen atoms in total. The Morgan fingerprint density at radius 1 is 1.11 bits per heavy atom. The molecule has 0 saturated heterocycles. The van der Waals surface area contributed by atoms with E-state index in [4.69, 9.17) is 9.78 Å². The van der Waals surface area contributed by atoms with E-state index in [9.17, 15) is 5.11 Å². The van der Waals surface area contributed by atoms with Gasteiger partial charge in [0, 0.05) is 5.41 Å². The van der Waals surface area contributed by atoms with Gasteiger partial charge in [0.1, 0.15) is 0 Å². The lowest BCUT2D eigenvalue weighted by atomic mass is 9.76. The first-order chi connectivity index (χ1) is 8.32. The molecular formula is C15H22O3. The first kappa shape index (κ1) is 13.4. The van der Waals surface area contributed by atoms with Crippen molar-refractivity contribution in [2.45, 2.75) is 59.7 Å². The Hall–Kier alpha value is -1.06. The molecule has 1 aliphatic rings. The van der Waals surface area contributed by atoms with Crippen LogP contribution in [-0.4, -0.2) is 11.4 Å². The molecule has 1 heterocycles. The summed E-state index contributed by atoms with van der Waals surface area (Å²) in [6, 6.07) is 0. The van der Waals surface area contributed by atoms with Crippen molar-refractivity contribution in [1.82, 2.24) is 0 Å². The minimum Gasteiger partial charge on any atom is -0.364 e. The molecule has 2 bridgehead atoms. The molecule has 1 atom stereocenters. The van der Waals surface area contributed by atoms with Crippen LogP contribution in [0, 0.1) is 20.8 Å². The van der Waals surface area contributed by atoms with Crippen LogP contribution in [0.15, 0.2) is 0 Å². The fraction of sp³-hybridized carbons (Fsp3) is 0.600. The summed E-state index contributed by atoms with van der Waals surface area (Å²) in [5.74, 6) is 0.761. The van der Waals surface area contributed by atoms with Gasteiger partial charge in [-0.1, -0.05) is 20.8 Å². The van der Waals surface area contributed by atoms with Crippen LogP contribution in [-0.2, 0) is 16.7 Å². The van der Waals surface area contributed by atoms with E-state index in [1.165, 1.54) is 11.1 Å². The van der Waals surface area contributed by atoms with Gasteiger partial charge < -0.3 is 9.99 Å². The van der Waals surface area contributed by atoms with Crippen LogP contribution in [0.3, 0.4) is 0 Å². The molecule has 0 saturated carbocycles. The Balaban J connectivity index is 2.84. The van der Waals surface area contributed by atoms with Crippen molar-refractivity contribution in [2.75, 3.05) is 0 Å². The average Bonchev–Trinajstić information content (AvgIpc) is 2.34. The maximum atomic E-state index is 10.1. The summed E-state index contributed by atoms with van der Waals surface area (Å²) in [5.41, 5.74) is 5.39. The molecule has 1 N–H and O–H groups in total. The molecule has 1 aromatic carbocycles. The summed E-state index contributed by atoms with van der Waals surface area (Å²) in [6.07, 6.45) is -0.00748. The Morgan fingerprint density at radius 2 is 1.72 bits per heavy atom. The molecule has 0 fully saturated rings. The van der Waals surface area contributed by atoms with Crippen LogP contribution in [0.2, 0.25) is 0 Å². The Bertz CT molecular complexity index is 489. The first-order valence-electron chi connectivity index (χ1n) is 6.46. The third-order valence-corrected chi connectivity index (χ3v) is 4.17. The molecule has 1 aromatic rings. The standard InChI is InChI=1S/C15H22O3/c1-7-11-8(2)12-10(4)13(9(11)3)17-18-14(16)15(12,5)6/h14,16H,7H2,1-6H3. The molecule has 18 heavy (non-hydrogen) atoms. The van der Waals surface area contributed by atoms with Gasteiger partial charge in [-0.2, -0.15) is 4.89 Å². The van der Waals surface area contributed by atoms with Gasteiger partial charge in [-0.05, 0) is 55.0 Å². The van der Waals surface area contributed by atoms with Crippen molar-refractivity contribution in [3.05, 3.63) is 27.8 Å². The van der Waals surface area contributed by atoms with E-state index in [0.29, 0.717) is 0 Å². The van der Waals surface area contributed by atoms with Crippen molar-refractivity contribution in [1.29, 1.82) is 0 Å². The number of hydrogen-bond donors (Lipinski definition) is 1. The van der Waals surface area contributed by atoms with Gasteiger partial charge in [-0.15, -0.1) is 0 Å². The van der Waals surface area contributed by atoms with Crippen molar-refractivity contribution in [2.24, 2.45) is 0 Å². The highest BCUT2D eigenvalue weighted by Gasteiger charge is 2.39. The summed E-state index contributed by atoms with van der Waals surface area (Å²) in [7, 11) is 0. The number of aliphatic hydroxyl groups is 1. The van der Waals surface area contributed by atoms with Crippen LogP contribution in [0.5, 0.6) is 5.75 Å². The zero-order valence-electron chi connectivity index (χ0n) is 12.0. The van der Waals surface area contributed by atoms with Gasteiger partial charge in [-0.3, -0.25) is 0 Å². The quantitative estimate of drug-likeness (QED) is 0.778. The van der Waals surface area contributed by atoms with E-state index in [0.717, 1.165) is 28.9 Å². The van der Waals surface area contributed by atoms with Gasteiger partial charge in [0.2, 0.25) is 6.29 Å². The molecule has 0 spiro atoms. The monoisotopic (exact) mass is 250 g/mol. The second kappa shape index (κ2) is 4.25. The lowest BCUT2D eigenvalue weighted by Gasteiger charge is -2.30. The van der Waals surface area contributed by atoms with E-state index < -0.39 is 11.7 Å². The van der Waals surface area contributed by atoms with Gasteiger partial charge in [0.25, 0.3) is 0 Å². The number of benzene rings is 1. The normalized spacial score (nSPS) is 21.4. The third-order valence-electron chi connectivity index (χ3n) is 4.17. The summed E-state index contributed by atoms with van der Waals surface area (Å²) >= 11 is 0. The highest BCUT2D eigenvalue weighted by atomic mass is 17.2. The van der Waals surface area contributed by atoms with Gasteiger partial charge in [0.05, 0.1) is 0 Å². The Morgan fingerprint density at radius 3 is 2.28 bits per heavy atom. The largest absolute Gasteiger partial charge is 0.364 e. The molecular weight excluding hydrogens is 228 g/mol. The number of rotatable bonds is 1. The summed E-state index contributed by atoms with van der Waals surface area (Å²) in [4.78, 5) is 10.5. The predicted octanol–water partition coefficient (Wildman–Crippen LogP) is 3.09. The topological polar surface area (TPSA) is 38.7 Å². The molecule has 0 aliphatic carbocycles. The highest BCUT2D eigenvalue weighted by molar-refractivity contribution is 5.57. The molecule has 3 heteroatoms. The van der Waals surface area contributed by atoms with Crippen molar-refractivity contribution in [3.8, 4) is 5.75 Å². The fourth-order valence-corrected chi connectivity index (χ4v) is 3.20. The minimum absolute atomic E-state index is 0.475. The highest BCUT2D eigenvalue weighted by Crippen LogP contribution is 2.43. The van der Waals surface area contributed by atoms with E-state index in [-0.39, 0.29) is 0 Å². The molecule has 1 aliphatic heterocycles. The molecule has 0 radical (unpaired) electrons. The number of aliphatic hydroxyl groups excluding tert-OH is 1. The van der Waals surface area contributed by atoms with E-state index in [1.54, 1.807) is 0 Å². The van der Waals surface area contributed by atoms with Crippen molar-refractivity contribution in [3.63, 3.8) is 0 Å². The fourth-order valence-electron chi connectivity index (χ4n) is 3.20. The second-order valence-corrected chi connectivity index (χ2v) is 5.66. The average molecular weight is 250 g/mol. The van der Waals surface area contributed by atoms with Crippen molar-refractivity contribution < 1.29 is 14.9 Å². The molecule has 0 amide bonds. The summed E-state index contributed by atoms with van der Waals surface area (Å²) in [5, 5.41) is 10.1. The lowest BCUT2D eigenvalue weighted by Crippen LogP contribution is -2.36. The lowest BCUT2D eigenvalue weighted by molar-refractivity contribution is -0.320. The minimum atomic E-state index is -0.959. The zero-order valence-corrected chi connectivity index (χ0v) is 12.0. The molecule has 0 aromatic heterocycles. The van der Waals surface area contributed by atoms with E-state index in [1.807, 2.05) is 27.7 Å². The van der Waals surface area contributed by atoms with Gasteiger partial charge in [-0.25, -0.2) is 0 Å². The van der Waals surface area contributed by atoms with E-state index in [2.05, 4.69) is 13.8 Å². The summed E-state index contributed by atoms with van der Waals surface area (Å²) < 4.78 is 0. The number of fused-ring (bicyclic) bond motifs is 2. The van der Waals surface area contributed by atoms with Crippen LogP contribution in [0.25, 0.3) is 0 Å². The SMILES string of the molecule is CCc1c(C)c2c(C)c(c1C)C(C)(C)C(O)OO2. The second-order valence-electron chi connectivity index (χ2n) is 5.66. The molecule has 1 unspecified atom stereocenters. The van der Waals surface area contributed by atoms with Crippen LogP contribution >= 0.6 is 0 Å². The zero-order chi connectivity index (χ0) is 13.7. The smallest absolute Gasteiger partial charge is 0.209 e. The molecule has 2 rings (SSSR count). The Labute approximate surface area is 109 Å². The van der Waals surface area contributed by atoms with Gasteiger partial charge in [0.15, 0.2) is 5.75 Å². The number of hydrogen-bond acceptors (Lipinski definition) is 3. The van der Waals surface area contributed by atoms with E-state index >= 15 is 0 Å².